The van der Waals surface area contributed by atoms with Gasteiger partial charge in [-0.3, -0.25) is 10.2 Å². The normalized spacial score (nSPS) is 11.5. The van der Waals surface area contributed by atoms with E-state index >= 15 is 0 Å². The van der Waals surface area contributed by atoms with Gasteiger partial charge in [-0.15, -0.1) is 0 Å². The number of rotatable bonds is 4. The first kappa shape index (κ1) is 15.0. The van der Waals surface area contributed by atoms with Crippen molar-refractivity contribution in [1.82, 2.24) is 15.8 Å². The molecule has 0 saturated heterocycles. The van der Waals surface area contributed by atoms with Gasteiger partial charge in [0, 0.05) is 13.6 Å². The van der Waals surface area contributed by atoms with Crippen molar-refractivity contribution in [3.05, 3.63) is 35.9 Å². The standard InChI is InChI=1S/C13H20N4O2/c1-10(14)12(18)15-16-13(19)17(2)9-8-11-6-4-3-5-7-11/h3-7,10H,8-9,14H2,1-2H3,(H,15,18)(H,16,19). The van der Waals surface area contributed by atoms with Crippen LogP contribution in [0.3, 0.4) is 0 Å². The molecular weight excluding hydrogens is 244 g/mol. The van der Waals surface area contributed by atoms with Gasteiger partial charge in [0.1, 0.15) is 0 Å². The largest absolute Gasteiger partial charge is 0.335 e. The lowest BCUT2D eigenvalue weighted by molar-refractivity contribution is -0.122. The topological polar surface area (TPSA) is 87.5 Å². The quantitative estimate of drug-likeness (QED) is 0.681. The molecule has 1 aromatic carbocycles. The van der Waals surface area contributed by atoms with Crippen LogP contribution in [-0.4, -0.2) is 36.5 Å². The zero-order valence-corrected chi connectivity index (χ0v) is 11.2. The molecule has 0 aliphatic rings. The maximum absolute atomic E-state index is 11.7. The number of nitrogens with zero attached hydrogens (tertiary/aromatic N) is 1. The summed E-state index contributed by atoms with van der Waals surface area (Å²) in [5.41, 5.74) is 11.1. The minimum Gasteiger partial charge on any atom is -0.326 e. The van der Waals surface area contributed by atoms with Gasteiger partial charge in [0.05, 0.1) is 6.04 Å². The van der Waals surface area contributed by atoms with E-state index in [4.69, 9.17) is 5.73 Å². The number of carbonyl (C=O) groups excluding carboxylic acids is 2. The first-order chi connectivity index (χ1) is 9.00. The Morgan fingerprint density at radius 2 is 1.89 bits per heavy atom. The van der Waals surface area contributed by atoms with E-state index in [1.54, 1.807) is 14.0 Å². The van der Waals surface area contributed by atoms with Gasteiger partial charge in [0.2, 0.25) is 0 Å². The Morgan fingerprint density at radius 1 is 1.26 bits per heavy atom. The van der Waals surface area contributed by atoms with E-state index in [0.717, 1.165) is 12.0 Å². The van der Waals surface area contributed by atoms with Gasteiger partial charge >= 0.3 is 6.03 Å². The number of amides is 3. The number of carbonyl (C=O) groups is 2. The molecule has 0 bridgehead atoms. The Balaban J connectivity index is 2.31. The Kier molecular flexibility index (Phi) is 5.81. The summed E-state index contributed by atoms with van der Waals surface area (Å²) in [6.45, 7) is 2.10. The third-order valence-corrected chi connectivity index (χ3v) is 2.63. The molecule has 104 valence electrons. The van der Waals surface area contributed by atoms with Crippen LogP contribution in [0.1, 0.15) is 12.5 Å². The van der Waals surface area contributed by atoms with Crippen LogP contribution in [0.5, 0.6) is 0 Å². The number of hydrazine groups is 1. The zero-order chi connectivity index (χ0) is 14.3. The van der Waals surface area contributed by atoms with Gasteiger partial charge in [-0.2, -0.15) is 0 Å². The number of benzene rings is 1. The minimum atomic E-state index is -0.657. The summed E-state index contributed by atoms with van der Waals surface area (Å²) < 4.78 is 0. The fourth-order valence-electron chi connectivity index (χ4n) is 1.37. The zero-order valence-electron chi connectivity index (χ0n) is 11.2. The number of hydrogen-bond acceptors (Lipinski definition) is 3. The SMILES string of the molecule is CC(N)C(=O)NNC(=O)N(C)CCc1ccccc1. The monoisotopic (exact) mass is 264 g/mol. The van der Waals surface area contributed by atoms with Crippen molar-refractivity contribution in [1.29, 1.82) is 0 Å². The minimum absolute atomic E-state index is 0.370. The van der Waals surface area contributed by atoms with Gasteiger partial charge in [0.15, 0.2) is 0 Å². The first-order valence-corrected chi connectivity index (χ1v) is 6.11. The van der Waals surface area contributed by atoms with Gasteiger partial charge in [-0.05, 0) is 18.9 Å². The van der Waals surface area contributed by atoms with E-state index in [1.807, 2.05) is 30.3 Å². The highest BCUT2D eigenvalue weighted by molar-refractivity contribution is 5.84. The van der Waals surface area contributed by atoms with Gasteiger partial charge in [-0.25, -0.2) is 10.2 Å². The second-order valence-electron chi connectivity index (χ2n) is 4.37. The van der Waals surface area contributed by atoms with Crippen LogP contribution in [0, 0.1) is 0 Å². The summed E-state index contributed by atoms with van der Waals surface area (Å²) >= 11 is 0. The maximum Gasteiger partial charge on any atom is 0.335 e. The molecule has 1 rings (SSSR count). The molecule has 4 N–H and O–H groups in total. The summed E-state index contributed by atoms with van der Waals surface area (Å²) in [6.07, 6.45) is 0.756. The second-order valence-corrected chi connectivity index (χ2v) is 4.37. The van der Waals surface area contributed by atoms with Crippen LogP contribution in [-0.2, 0) is 11.2 Å². The van der Waals surface area contributed by atoms with Crippen molar-refractivity contribution in [2.24, 2.45) is 5.73 Å². The van der Waals surface area contributed by atoms with Crippen molar-refractivity contribution in [3.8, 4) is 0 Å². The van der Waals surface area contributed by atoms with Crippen LogP contribution in [0.4, 0.5) is 4.79 Å². The smallest absolute Gasteiger partial charge is 0.326 e. The Bertz CT molecular complexity index is 420. The molecule has 0 saturated carbocycles. The third-order valence-electron chi connectivity index (χ3n) is 2.63. The maximum atomic E-state index is 11.7. The first-order valence-electron chi connectivity index (χ1n) is 6.11. The predicted molar refractivity (Wildman–Crippen MR) is 73.1 cm³/mol. The molecule has 1 aromatic rings. The average molecular weight is 264 g/mol. The van der Waals surface area contributed by atoms with Crippen LogP contribution in [0.25, 0.3) is 0 Å². The fourth-order valence-corrected chi connectivity index (χ4v) is 1.37. The number of likely N-dealkylation sites (N-methyl/N-ethyl adjacent to an activating group) is 1. The highest BCUT2D eigenvalue weighted by atomic mass is 16.2. The van der Waals surface area contributed by atoms with E-state index in [2.05, 4.69) is 10.9 Å². The highest BCUT2D eigenvalue weighted by Crippen LogP contribution is 2.00. The van der Waals surface area contributed by atoms with Gasteiger partial charge in [-0.1, -0.05) is 30.3 Å². The molecule has 1 atom stereocenters. The lowest BCUT2D eigenvalue weighted by Gasteiger charge is -2.18. The van der Waals surface area contributed by atoms with E-state index < -0.39 is 11.9 Å². The number of nitrogens with one attached hydrogen (secondary N) is 2. The highest BCUT2D eigenvalue weighted by Gasteiger charge is 2.11. The fraction of sp³-hybridized carbons (Fsp3) is 0.385. The Morgan fingerprint density at radius 3 is 2.47 bits per heavy atom. The summed E-state index contributed by atoms with van der Waals surface area (Å²) in [7, 11) is 1.66. The average Bonchev–Trinajstić information content (AvgIpc) is 2.42. The van der Waals surface area contributed by atoms with E-state index in [1.165, 1.54) is 4.90 Å². The molecule has 0 radical (unpaired) electrons. The number of urea groups is 1. The molecule has 1 unspecified atom stereocenters. The van der Waals surface area contributed by atoms with Crippen LogP contribution in [0.15, 0.2) is 30.3 Å². The summed E-state index contributed by atoms with van der Waals surface area (Å²) in [6, 6.07) is 8.84. The van der Waals surface area contributed by atoms with E-state index in [-0.39, 0.29) is 6.03 Å². The predicted octanol–water partition coefficient (Wildman–Crippen LogP) is 0.249. The molecule has 6 heteroatoms. The Hall–Kier alpha value is -2.08. The Labute approximate surface area is 112 Å². The summed E-state index contributed by atoms with van der Waals surface area (Å²) in [5.74, 6) is -0.426. The van der Waals surface area contributed by atoms with Crippen LogP contribution < -0.4 is 16.6 Å². The molecule has 0 aliphatic carbocycles. The second kappa shape index (κ2) is 7.38. The van der Waals surface area contributed by atoms with Crippen LogP contribution in [0.2, 0.25) is 0 Å². The molecule has 6 nitrogen and oxygen atoms in total. The lowest BCUT2D eigenvalue weighted by atomic mass is 10.1. The molecule has 0 heterocycles. The molecular formula is C13H20N4O2. The molecule has 0 aromatic heterocycles. The summed E-state index contributed by atoms with van der Waals surface area (Å²) in [5, 5.41) is 0. The molecule has 0 fully saturated rings. The number of nitrogens with two attached hydrogens (primary N) is 1. The molecule has 19 heavy (non-hydrogen) atoms. The van der Waals surface area contributed by atoms with Crippen molar-refractivity contribution in [2.45, 2.75) is 19.4 Å². The van der Waals surface area contributed by atoms with E-state index in [0.29, 0.717) is 6.54 Å². The van der Waals surface area contributed by atoms with Crippen LogP contribution >= 0.6 is 0 Å². The summed E-state index contributed by atoms with van der Waals surface area (Å²) in [4.78, 5) is 24.3. The van der Waals surface area contributed by atoms with Crippen molar-refractivity contribution in [2.75, 3.05) is 13.6 Å². The lowest BCUT2D eigenvalue weighted by Crippen LogP contribution is -2.51. The third kappa shape index (κ3) is 5.39. The van der Waals surface area contributed by atoms with Gasteiger partial charge in [0.25, 0.3) is 5.91 Å². The van der Waals surface area contributed by atoms with Crippen molar-refractivity contribution < 1.29 is 9.59 Å². The number of hydrogen-bond donors (Lipinski definition) is 3. The molecule has 0 aliphatic heterocycles. The van der Waals surface area contributed by atoms with E-state index in [9.17, 15) is 9.59 Å². The molecule has 0 spiro atoms. The molecule has 3 amide bonds. The van der Waals surface area contributed by atoms with Gasteiger partial charge < -0.3 is 10.6 Å². The van der Waals surface area contributed by atoms with Crippen molar-refractivity contribution in [3.63, 3.8) is 0 Å². The van der Waals surface area contributed by atoms with Crippen molar-refractivity contribution >= 4 is 11.9 Å².